The van der Waals surface area contributed by atoms with Crippen LogP contribution in [0, 0.1) is 5.92 Å². The third kappa shape index (κ3) is 6.57. The summed E-state index contributed by atoms with van der Waals surface area (Å²) in [4.78, 5) is 13.3. The zero-order valence-corrected chi connectivity index (χ0v) is 13.3. The van der Waals surface area contributed by atoms with Gasteiger partial charge in [0, 0.05) is 13.6 Å². The first-order valence-corrected chi connectivity index (χ1v) is 7.62. The number of rotatable bonds is 6. The van der Waals surface area contributed by atoms with Crippen molar-refractivity contribution in [3.8, 4) is 0 Å². The molecule has 2 atom stereocenters. The largest absolute Gasteiger partial charge is 0.389 e. The number of urea groups is 1. The maximum atomic E-state index is 11.8. The second-order valence-corrected chi connectivity index (χ2v) is 6.57. The average molecular weight is 286 g/mol. The summed E-state index contributed by atoms with van der Waals surface area (Å²) in [5.41, 5.74) is -0.875. The molecule has 1 aliphatic carbocycles. The molecule has 20 heavy (non-hydrogen) atoms. The molecule has 0 aromatic heterocycles. The number of amides is 2. The summed E-state index contributed by atoms with van der Waals surface area (Å²) in [5, 5.41) is 12.5. The molecular weight excluding hydrogens is 256 g/mol. The van der Waals surface area contributed by atoms with E-state index in [0.29, 0.717) is 31.7 Å². The minimum Gasteiger partial charge on any atom is -0.389 e. The van der Waals surface area contributed by atoms with E-state index >= 15 is 0 Å². The average Bonchev–Trinajstić information content (AvgIpc) is 2.34. The van der Waals surface area contributed by atoms with Gasteiger partial charge in [0.25, 0.3) is 0 Å². The summed E-state index contributed by atoms with van der Waals surface area (Å²) < 4.78 is 5.84. The SMILES string of the molecule is C[C@@H]1CCCC[C@H]1OCCNC(=O)N(C)CC(C)(C)O. The van der Waals surface area contributed by atoms with Crippen LogP contribution < -0.4 is 5.32 Å². The Kier molecular flexibility index (Phi) is 6.76. The summed E-state index contributed by atoms with van der Waals surface area (Å²) in [6, 6.07) is -0.174. The standard InChI is InChI=1S/C15H30N2O3/c1-12-7-5-6-8-13(12)20-10-9-16-14(18)17(4)11-15(2,3)19/h12-13,19H,5-11H2,1-4H3,(H,16,18)/t12-,13-/m1/s1. The third-order valence-electron chi connectivity index (χ3n) is 3.71. The number of aliphatic hydroxyl groups is 1. The van der Waals surface area contributed by atoms with E-state index in [0.717, 1.165) is 6.42 Å². The number of nitrogens with zero attached hydrogens (tertiary/aromatic N) is 1. The molecule has 0 unspecified atom stereocenters. The van der Waals surface area contributed by atoms with Gasteiger partial charge in [-0.25, -0.2) is 4.79 Å². The van der Waals surface area contributed by atoms with Crippen LogP contribution in [-0.2, 0) is 4.74 Å². The fraction of sp³-hybridized carbons (Fsp3) is 0.933. The van der Waals surface area contributed by atoms with E-state index < -0.39 is 5.60 Å². The number of nitrogens with one attached hydrogen (secondary N) is 1. The van der Waals surface area contributed by atoms with E-state index in [1.54, 1.807) is 20.9 Å². The highest BCUT2D eigenvalue weighted by atomic mass is 16.5. The predicted molar refractivity (Wildman–Crippen MR) is 79.7 cm³/mol. The highest BCUT2D eigenvalue weighted by Gasteiger charge is 2.22. The first kappa shape index (κ1) is 17.2. The van der Waals surface area contributed by atoms with Crippen LogP contribution in [0.2, 0.25) is 0 Å². The predicted octanol–water partition coefficient (Wildman–Crippen LogP) is 1.99. The van der Waals surface area contributed by atoms with Crippen molar-refractivity contribution in [2.45, 2.75) is 58.2 Å². The Morgan fingerprint density at radius 2 is 2.05 bits per heavy atom. The molecule has 118 valence electrons. The van der Waals surface area contributed by atoms with Crippen molar-refractivity contribution < 1.29 is 14.6 Å². The molecule has 0 aromatic rings. The molecule has 0 spiro atoms. The van der Waals surface area contributed by atoms with E-state index in [2.05, 4.69) is 12.2 Å². The van der Waals surface area contributed by atoms with Crippen LogP contribution in [0.3, 0.4) is 0 Å². The molecule has 0 aromatic carbocycles. The van der Waals surface area contributed by atoms with Crippen LogP contribution in [0.5, 0.6) is 0 Å². The van der Waals surface area contributed by atoms with E-state index in [1.165, 1.54) is 24.2 Å². The Morgan fingerprint density at radius 3 is 2.65 bits per heavy atom. The van der Waals surface area contributed by atoms with Crippen LogP contribution in [-0.4, -0.2) is 54.5 Å². The molecular formula is C15H30N2O3. The minimum absolute atomic E-state index is 0.174. The first-order valence-electron chi connectivity index (χ1n) is 7.62. The van der Waals surface area contributed by atoms with E-state index in [1.807, 2.05) is 0 Å². The van der Waals surface area contributed by atoms with Gasteiger partial charge in [-0.15, -0.1) is 0 Å². The number of likely N-dealkylation sites (N-methyl/N-ethyl adjacent to an activating group) is 1. The minimum atomic E-state index is -0.875. The monoisotopic (exact) mass is 286 g/mol. The Morgan fingerprint density at radius 1 is 1.40 bits per heavy atom. The Bertz CT molecular complexity index is 302. The molecule has 0 radical (unpaired) electrons. The van der Waals surface area contributed by atoms with Crippen LogP contribution in [0.25, 0.3) is 0 Å². The number of carbonyl (C=O) groups excluding carboxylic acids is 1. The maximum Gasteiger partial charge on any atom is 0.317 e. The zero-order valence-electron chi connectivity index (χ0n) is 13.3. The molecule has 2 amide bonds. The third-order valence-corrected chi connectivity index (χ3v) is 3.71. The number of hydrogen-bond acceptors (Lipinski definition) is 3. The van der Waals surface area contributed by atoms with Gasteiger partial charge in [0.05, 0.1) is 24.9 Å². The van der Waals surface area contributed by atoms with E-state index in [9.17, 15) is 9.90 Å². The quantitative estimate of drug-likeness (QED) is 0.734. The summed E-state index contributed by atoms with van der Waals surface area (Å²) in [6.07, 6.45) is 5.27. The number of hydrogen-bond donors (Lipinski definition) is 2. The van der Waals surface area contributed by atoms with Gasteiger partial charge in [0.2, 0.25) is 0 Å². The molecule has 0 bridgehead atoms. The molecule has 0 aliphatic heterocycles. The van der Waals surface area contributed by atoms with Gasteiger partial charge in [-0.1, -0.05) is 19.8 Å². The van der Waals surface area contributed by atoms with Gasteiger partial charge in [0.1, 0.15) is 0 Å². The molecule has 0 saturated heterocycles. The molecule has 5 nitrogen and oxygen atoms in total. The fourth-order valence-electron chi connectivity index (χ4n) is 2.69. The maximum absolute atomic E-state index is 11.8. The van der Waals surface area contributed by atoms with Crippen molar-refractivity contribution >= 4 is 6.03 Å². The van der Waals surface area contributed by atoms with Crippen molar-refractivity contribution in [1.29, 1.82) is 0 Å². The van der Waals surface area contributed by atoms with Crippen molar-refractivity contribution in [3.05, 3.63) is 0 Å². The van der Waals surface area contributed by atoms with Crippen LogP contribution in [0.15, 0.2) is 0 Å². The normalized spacial score (nSPS) is 23.4. The zero-order chi connectivity index (χ0) is 15.2. The fourth-order valence-corrected chi connectivity index (χ4v) is 2.69. The lowest BCUT2D eigenvalue weighted by Gasteiger charge is -2.29. The summed E-state index contributed by atoms with van der Waals surface area (Å²) in [5.74, 6) is 0.623. The van der Waals surface area contributed by atoms with Gasteiger partial charge < -0.3 is 20.1 Å². The Balaban J connectivity index is 2.15. The van der Waals surface area contributed by atoms with Crippen molar-refractivity contribution in [1.82, 2.24) is 10.2 Å². The van der Waals surface area contributed by atoms with Crippen molar-refractivity contribution in [2.24, 2.45) is 5.92 Å². The number of carbonyl (C=O) groups is 1. The Labute approximate surface area is 122 Å². The lowest BCUT2D eigenvalue weighted by molar-refractivity contribution is -0.00294. The van der Waals surface area contributed by atoms with Crippen LogP contribution in [0.1, 0.15) is 46.5 Å². The first-order chi connectivity index (χ1) is 9.29. The lowest BCUT2D eigenvalue weighted by Crippen LogP contribution is -2.45. The highest BCUT2D eigenvalue weighted by molar-refractivity contribution is 5.73. The van der Waals surface area contributed by atoms with Gasteiger partial charge in [-0.05, 0) is 32.6 Å². The number of ether oxygens (including phenoxy) is 1. The molecule has 1 fully saturated rings. The second kappa shape index (κ2) is 7.84. The topological polar surface area (TPSA) is 61.8 Å². The van der Waals surface area contributed by atoms with Crippen LogP contribution >= 0.6 is 0 Å². The van der Waals surface area contributed by atoms with E-state index in [-0.39, 0.29) is 6.03 Å². The van der Waals surface area contributed by atoms with E-state index in [4.69, 9.17) is 4.74 Å². The summed E-state index contributed by atoms with van der Waals surface area (Å²) >= 11 is 0. The molecule has 1 aliphatic rings. The molecule has 1 rings (SSSR count). The lowest BCUT2D eigenvalue weighted by atomic mass is 9.88. The highest BCUT2D eigenvalue weighted by Crippen LogP contribution is 2.25. The van der Waals surface area contributed by atoms with Gasteiger partial charge in [-0.3, -0.25) is 0 Å². The molecule has 0 heterocycles. The van der Waals surface area contributed by atoms with Gasteiger partial charge in [0.15, 0.2) is 0 Å². The second-order valence-electron chi connectivity index (χ2n) is 6.57. The molecule has 5 heteroatoms. The van der Waals surface area contributed by atoms with Crippen molar-refractivity contribution in [3.63, 3.8) is 0 Å². The van der Waals surface area contributed by atoms with Gasteiger partial charge in [-0.2, -0.15) is 0 Å². The smallest absolute Gasteiger partial charge is 0.317 e. The summed E-state index contributed by atoms with van der Waals surface area (Å²) in [7, 11) is 1.68. The summed E-state index contributed by atoms with van der Waals surface area (Å²) in [6.45, 7) is 6.98. The van der Waals surface area contributed by atoms with Crippen molar-refractivity contribution in [2.75, 3.05) is 26.7 Å². The Hall–Kier alpha value is -0.810. The molecule has 2 N–H and O–H groups in total. The molecule has 1 saturated carbocycles. The van der Waals surface area contributed by atoms with Crippen LogP contribution in [0.4, 0.5) is 4.79 Å². The van der Waals surface area contributed by atoms with Gasteiger partial charge >= 0.3 is 6.03 Å².